The molecule has 0 bridgehead atoms. The quantitative estimate of drug-likeness (QED) is 0.292. The van der Waals surface area contributed by atoms with Crippen molar-refractivity contribution in [3.63, 3.8) is 0 Å². The molecule has 0 spiro atoms. The molecule has 0 heterocycles. The van der Waals surface area contributed by atoms with Crippen LogP contribution < -0.4 is 0 Å². The van der Waals surface area contributed by atoms with Crippen LogP contribution in [0, 0.1) is 0 Å². The second-order valence-electron chi connectivity index (χ2n) is 3.20. The highest BCUT2D eigenvalue weighted by atomic mass is 16.5. The predicted octanol–water partition coefficient (Wildman–Crippen LogP) is 1.15. The van der Waals surface area contributed by atoms with Crippen LogP contribution in [0.5, 0.6) is 0 Å². The Labute approximate surface area is 94.4 Å². The van der Waals surface area contributed by atoms with Crippen LogP contribution in [-0.2, 0) is 19.1 Å². The minimum Gasteiger partial charge on any atom is -0.478 e. The lowest BCUT2D eigenvalue weighted by molar-refractivity contribution is -0.139. The molecule has 0 saturated carbocycles. The summed E-state index contributed by atoms with van der Waals surface area (Å²) in [5.41, 5.74) is 0.932. The Morgan fingerprint density at radius 3 is 2.56 bits per heavy atom. The summed E-state index contributed by atoms with van der Waals surface area (Å²) < 4.78 is 9.88. The lowest BCUT2D eigenvalue weighted by Gasteiger charge is -2.03. The molecule has 0 aromatic rings. The third kappa shape index (κ3) is 10.5. The standard InChI is InChI=1S/C11H16O5/c1-9(2)8-15-6-3-7-16-11(14)5-4-10(12)13/h4-5H,1,3,6-8H2,2H3,(H,12,13)/b5-4-. The van der Waals surface area contributed by atoms with E-state index < -0.39 is 11.9 Å². The summed E-state index contributed by atoms with van der Waals surface area (Å²) in [5.74, 6) is -1.84. The number of aliphatic carboxylic acids is 1. The average Bonchev–Trinajstić information content (AvgIpc) is 2.19. The van der Waals surface area contributed by atoms with Crippen LogP contribution in [0.4, 0.5) is 0 Å². The van der Waals surface area contributed by atoms with E-state index >= 15 is 0 Å². The summed E-state index contributed by atoms with van der Waals surface area (Å²) in [6, 6.07) is 0. The molecule has 0 radical (unpaired) electrons. The van der Waals surface area contributed by atoms with Gasteiger partial charge in [0, 0.05) is 18.6 Å². The van der Waals surface area contributed by atoms with Gasteiger partial charge in [0.15, 0.2) is 0 Å². The molecule has 0 unspecified atom stereocenters. The van der Waals surface area contributed by atoms with Crippen LogP contribution in [0.25, 0.3) is 0 Å². The van der Waals surface area contributed by atoms with Crippen LogP contribution in [0.15, 0.2) is 24.3 Å². The van der Waals surface area contributed by atoms with Crippen molar-refractivity contribution < 1.29 is 24.2 Å². The van der Waals surface area contributed by atoms with Crippen molar-refractivity contribution in [2.24, 2.45) is 0 Å². The van der Waals surface area contributed by atoms with Gasteiger partial charge in [0.05, 0.1) is 19.8 Å². The molecule has 0 rings (SSSR count). The lowest BCUT2D eigenvalue weighted by atomic mass is 10.4. The fraction of sp³-hybridized carbons (Fsp3) is 0.455. The summed E-state index contributed by atoms with van der Waals surface area (Å²) in [4.78, 5) is 20.9. The molecule has 0 saturated heterocycles. The molecule has 90 valence electrons. The summed E-state index contributed by atoms with van der Waals surface area (Å²) in [6.45, 7) is 6.70. The van der Waals surface area contributed by atoms with E-state index in [0.717, 1.165) is 17.7 Å². The molecule has 0 aliphatic rings. The van der Waals surface area contributed by atoms with E-state index in [0.29, 0.717) is 19.6 Å². The van der Waals surface area contributed by atoms with Gasteiger partial charge < -0.3 is 14.6 Å². The van der Waals surface area contributed by atoms with Gasteiger partial charge in [-0.1, -0.05) is 12.2 Å². The molecule has 0 amide bonds. The fourth-order valence-corrected chi connectivity index (χ4v) is 0.768. The van der Waals surface area contributed by atoms with Gasteiger partial charge in [0.25, 0.3) is 0 Å². The molecule has 0 aromatic heterocycles. The van der Waals surface area contributed by atoms with E-state index in [9.17, 15) is 9.59 Å². The molecular formula is C11H16O5. The van der Waals surface area contributed by atoms with Gasteiger partial charge in [-0.05, 0) is 6.92 Å². The van der Waals surface area contributed by atoms with Crippen molar-refractivity contribution in [3.05, 3.63) is 24.3 Å². The average molecular weight is 228 g/mol. The smallest absolute Gasteiger partial charge is 0.331 e. The second-order valence-corrected chi connectivity index (χ2v) is 3.20. The number of esters is 1. The van der Waals surface area contributed by atoms with Gasteiger partial charge in [-0.2, -0.15) is 0 Å². The maximum absolute atomic E-state index is 10.9. The van der Waals surface area contributed by atoms with Crippen molar-refractivity contribution in [1.29, 1.82) is 0 Å². The molecule has 0 fully saturated rings. The Bertz CT molecular complexity index is 280. The van der Waals surface area contributed by atoms with Crippen molar-refractivity contribution in [2.45, 2.75) is 13.3 Å². The largest absolute Gasteiger partial charge is 0.478 e. The third-order valence-corrected chi connectivity index (χ3v) is 1.39. The normalized spacial score (nSPS) is 10.3. The fourth-order valence-electron chi connectivity index (χ4n) is 0.768. The van der Waals surface area contributed by atoms with Gasteiger partial charge in [0.2, 0.25) is 0 Å². The number of carboxylic acids is 1. The van der Waals surface area contributed by atoms with E-state index in [2.05, 4.69) is 6.58 Å². The van der Waals surface area contributed by atoms with Crippen molar-refractivity contribution in [2.75, 3.05) is 19.8 Å². The Hall–Kier alpha value is -1.62. The predicted molar refractivity (Wildman–Crippen MR) is 58.0 cm³/mol. The topological polar surface area (TPSA) is 72.8 Å². The van der Waals surface area contributed by atoms with Gasteiger partial charge in [0.1, 0.15) is 0 Å². The first-order valence-electron chi connectivity index (χ1n) is 4.82. The molecule has 16 heavy (non-hydrogen) atoms. The van der Waals surface area contributed by atoms with Gasteiger partial charge in [-0.15, -0.1) is 0 Å². The number of carboxylic acid groups (broad SMARTS) is 1. The third-order valence-electron chi connectivity index (χ3n) is 1.39. The maximum Gasteiger partial charge on any atom is 0.331 e. The Morgan fingerprint density at radius 1 is 1.31 bits per heavy atom. The Kier molecular flexibility index (Phi) is 7.79. The van der Waals surface area contributed by atoms with Gasteiger partial charge in [-0.25, -0.2) is 9.59 Å². The second kappa shape index (κ2) is 8.67. The Morgan fingerprint density at radius 2 is 2.00 bits per heavy atom. The maximum atomic E-state index is 10.9. The van der Waals surface area contributed by atoms with E-state index in [-0.39, 0.29) is 6.61 Å². The molecular weight excluding hydrogens is 212 g/mol. The zero-order valence-corrected chi connectivity index (χ0v) is 9.27. The van der Waals surface area contributed by atoms with Gasteiger partial charge in [-0.3, -0.25) is 0 Å². The minimum atomic E-state index is -1.18. The number of rotatable bonds is 8. The number of hydrogen-bond acceptors (Lipinski definition) is 4. The highest BCUT2D eigenvalue weighted by Gasteiger charge is 1.98. The van der Waals surface area contributed by atoms with Crippen LogP contribution in [0.1, 0.15) is 13.3 Å². The molecule has 0 aromatic carbocycles. The zero-order valence-electron chi connectivity index (χ0n) is 9.27. The first-order valence-corrected chi connectivity index (χ1v) is 4.82. The highest BCUT2D eigenvalue weighted by Crippen LogP contribution is 1.91. The van der Waals surface area contributed by atoms with E-state index in [1.165, 1.54) is 0 Å². The van der Waals surface area contributed by atoms with Crippen LogP contribution in [0.2, 0.25) is 0 Å². The molecule has 1 N–H and O–H groups in total. The monoisotopic (exact) mass is 228 g/mol. The summed E-state index contributed by atoms with van der Waals surface area (Å²) >= 11 is 0. The van der Waals surface area contributed by atoms with Crippen LogP contribution in [0.3, 0.4) is 0 Å². The number of carbonyl (C=O) groups excluding carboxylic acids is 1. The first-order chi connectivity index (χ1) is 7.52. The first kappa shape index (κ1) is 14.4. The molecule has 0 aliphatic carbocycles. The molecule has 0 atom stereocenters. The van der Waals surface area contributed by atoms with Crippen molar-refractivity contribution in [1.82, 2.24) is 0 Å². The van der Waals surface area contributed by atoms with Crippen LogP contribution >= 0.6 is 0 Å². The number of carbonyl (C=O) groups is 2. The summed E-state index contributed by atoms with van der Waals surface area (Å²) in [7, 11) is 0. The van der Waals surface area contributed by atoms with E-state index in [1.54, 1.807) is 0 Å². The van der Waals surface area contributed by atoms with Crippen molar-refractivity contribution in [3.8, 4) is 0 Å². The SMILES string of the molecule is C=C(C)COCCCOC(=O)/C=C\C(=O)O. The van der Waals surface area contributed by atoms with Gasteiger partial charge >= 0.3 is 11.9 Å². The summed E-state index contributed by atoms with van der Waals surface area (Å²) in [5, 5.41) is 8.23. The number of ether oxygens (including phenoxy) is 2. The van der Waals surface area contributed by atoms with E-state index in [4.69, 9.17) is 14.6 Å². The zero-order chi connectivity index (χ0) is 12.4. The number of hydrogen-bond donors (Lipinski definition) is 1. The molecule has 5 heteroatoms. The van der Waals surface area contributed by atoms with Crippen LogP contribution in [-0.4, -0.2) is 36.9 Å². The highest BCUT2D eigenvalue weighted by molar-refractivity contribution is 5.90. The molecule has 5 nitrogen and oxygen atoms in total. The Balaban J connectivity index is 3.41. The van der Waals surface area contributed by atoms with E-state index in [1.807, 2.05) is 6.92 Å². The minimum absolute atomic E-state index is 0.207. The molecule has 0 aliphatic heterocycles. The lowest BCUT2D eigenvalue weighted by Crippen LogP contribution is -2.06. The summed E-state index contributed by atoms with van der Waals surface area (Å²) in [6.07, 6.45) is 2.18. The van der Waals surface area contributed by atoms with Crippen molar-refractivity contribution >= 4 is 11.9 Å².